The van der Waals surface area contributed by atoms with Crippen molar-refractivity contribution in [3.8, 4) is 0 Å². The molecule has 0 aromatic carbocycles. The topological polar surface area (TPSA) is 83.6 Å². The minimum atomic E-state index is -2.98. The summed E-state index contributed by atoms with van der Waals surface area (Å²) in [5.74, 6) is -0.0733. The van der Waals surface area contributed by atoms with Crippen LogP contribution < -0.4 is 5.32 Å². The maximum Gasteiger partial charge on any atom is 0.248 e. The second-order valence-corrected chi connectivity index (χ2v) is 8.25. The molecule has 2 heterocycles. The van der Waals surface area contributed by atoms with Crippen molar-refractivity contribution in [1.82, 2.24) is 10.2 Å². The molecular weight excluding hydrogens is 280 g/mol. The van der Waals surface area contributed by atoms with Gasteiger partial charge in [0.25, 0.3) is 0 Å². The predicted molar refractivity (Wildman–Crippen MR) is 74.8 cm³/mol. The standard InChI is InChI=1S/C13H22N2O4S/c1-4-13(3)12(17)15(9(2)11(16)14-13)10-5-7-20(18,19)8-6-10/h9-10H,4-8H2,1-3H3,(H,14,16). The van der Waals surface area contributed by atoms with Gasteiger partial charge in [0.2, 0.25) is 11.8 Å². The van der Waals surface area contributed by atoms with Crippen molar-refractivity contribution in [2.24, 2.45) is 0 Å². The molecule has 2 rings (SSSR count). The lowest BCUT2D eigenvalue weighted by Crippen LogP contribution is -2.70. The molecule has 2 saturated heterocycles. The second-order valence-electron chi connectivity index (χ2n) is 5.95. The smallest absolute Gasteiger partial charge is 0.248 e. The Morgan fingerprint density at radius 2 is 1.85 bits per heavy atom. The van der Waals surface area contributed by atoms with E-state index in [-0.39, 0.29) is 29.4 Å². The molecule has 0 radical (unpaired) electrons. The third-order valence-corrected chi connectivity index (χ3v) is 6.24. The van der Waals surface area contributed by atoms with Crippen LogP contribution in [0.5, 0.6) is 0 Å². The first-order valence-corrected chi connectivity index (χ1v) is 8.87. The molecule has 0 aliphatic carbocycles. The van der Waals surface area contributed by atoms with E-state index in [0.717, 1.165) is 0 Å². The van der Waals surface area contributed by atoms with Gasteiger partial charge < -0.3 is 10.2 Å². The number of hydrogen-bond acceptors (Lipinski definition) is 4. The van der Waals surface area contributed by atoms with Gasteiger partial charge in [-0.2, -0.15) is 0 Å². The Bertz CT molecular complexity index is 516. The highest BCUT2D eigenvalue weighted by Crippen LogP contribution is 2.28. The summed E-state index contributed by atoms with van der Waals surface area (Å²) >= 11 is 0. The van der Waals surface area contributed by atoms with E-state index in [0.29, 0.717) is 19.3 Å². The van der Waals surface area contributed by atoms with Crippen molar-refractivity contribution in [3.63, 3.8) is 0 Å². The minimum Gasteiger partial charge on any atom is -0.340 e. The van der Waals surface area contributed by atoms with Gasteiger partial charge in [0.05, 0.1) is 11.5 Å². The van der Waals surface area contributed by atoms with Gasteiger partial charge >= 0.3 is 0 Å². The van der Waals surface area contributed by atoms with Crippen molar-refractivity contribution in [2.45, 2.75) is 57.7 Å². The summed E-state index contributed by atoms with van der Waals surface area (Å²) in [6, 6.07) is -0.689. The maximum absolute atomic E-state index is 12.7. The van der Waals surface area contributed by atoms with Gasteiger partial charge in [-0.05, 0) is 33.1 Å². The van der Waals surface area contributed by atoms with Crippen molar-refractivity contribution < 1.29 is 18.0 Å². The zero-order valence-electron chi connectivity index (χ0n) is 12.2. The Hall–Kier alpha value is -1.11. The van der Waals surface area contributed by atoms with E-state index in [4.69, 9.17) is 0 Å². The molecule has 2 amide bonds. The van der Waals surface area contributed by atoms with Gasteiger partial charge in [-0.15, -0.1) is 0 Å². The number of sulfone groups is 1. The van der Waals surface area contributed by atoms with E-state index in [9.17, 15) is 18.0 Å². The molecule has 1 N–H and O–H groups in total. The van der Waals surface area contributed by atoms with E-state index < -0.39 is 21.4 Å². The van der Waals surface area contributed by atoms with Gasteiger partial charge in [-0.25, -0.2) is 8.42 Å². The lowest BCUT2D eigenvalue weighted by atomic mass is 9.90. The van der Waals surface area contributed by atoms with E-state index in [1.807, 2.05) is 6.92 Å². The number of rotatable bonds is 2. The van der Waals surface area contributed by atoms with Gasteiger partial charge in [-0.3, -0.25) is 9.59 Å². The first-order chi connectivity index (χ1) is 9.20. The first kappa shape index (κ1) is 15.3. The maximum atomic E-state index is 12.7. The van der Waals surface area contributed by atoms with Crippen LogP contribution in [-0.2, 0) is 19.4 Å². The Kier molecular flexibility index (Phi) is 3.83. The lowest BCUT2D eigenvalue weighted by Gasteiger charge is -2.47. The molecule has 0 aromatic rings. The molecule has 0 aromatic heterocycles. The molecule has 2 aliphatic rings. The van der Waals surface area contributed by atoms with Crippen molar-refractivity contribution in [2.75, 3.05) is 11.5 Å². The highest BCUT2D eigenvalue weighted by Gasteiger charge is 2.48. The molecule has 20 heavy (non-hydrogen) atoms. The van der Waals surface area contributed by atoms with E-state index in [2.05, 4.69) is 5.32 Å². The molecule has 2 atom stereocenters. The summed E-state index contributed by atoms with van der Waals surface area (Å²) in [5.41, 5.74) is -0.875. The molecule has 2 unspecified atom stereocenters. The van der Waals surface area contributed by atoms with Crippen LogP contribution in [-0.4, -0.2) is 54.3 Å². The van der Waals surface area contributed by atoms with Crippen LogP contribution in [0.15, 0.2) is 0 Å². The fraction of sp³-hybridized carbons (Fsp3) is 0.846. The van der Waals surface area contributed by atoms with Gasteiger partial charge in [0, 0.05) is 6.04 Å². The zero-order valence-corrected chi connectivity index (χ0v) is 13.0. The van der Waals surface area contributed by atoms with Crippen LogP contribution in [0.4, 0.5) is 0 Å². The molecule has 0 spiro atoms. The second kappa shape index (κ2) is 5.02. The number of nitrogens with one attached hydrogen (secondary N) is 1. The van der Waals surface area contributed by atoms with Gasteiger partial charge in [0.15, 0.2) is 0 Å². The van der Waals surface area contributed by atoms with Crippen molar-refractivity contribution in [3.05, 3.63) is 0 Å². The molecular formula is C13H22N2O4S. The highest BCUT2D eigenvalue weighted by atomic mass is 32.2. The first-order valence-electron chi connectivity index (χ1n) is 7.05. The Labute approximate surface area is 119 Å². The molecule has 0 bridgehead atoms. The van der Waals surface area contributed by atoms with Crippen LogP contribution in [0, 0.1) is 0 Å². The predicted octanol–water partition coefficient (Wildman–Crippen LogP) is 0.0792. The van der Waals surface area contributed by atoms with Crippen LogP contribution in [0.2, 0.25) is 0 Å². The summed E-state index contributed by atoms with van der Waals surface area (Å²) in [7, 11) is -2.98. The van der Waals surface area contributed by atoms with Crippen LogP contribution >= 0.6 is 0 Å². The zero-order chi connectivity index (χ0) is 15.1. The average Bonchev–Trinajstić information content (AvgIpc) is 2.38. The van der Waals surface area contributed by atoms with E-state index in [1.165, 1.54) is 0 Å². The number of carbonyl (C=O) groups excluding carboxylic acids is 2. The molecule has 2 aliphatic heterocycles. The van der Waals surface area contributed by atoms with Crippen LogP contribution in [0.3, 0.4) is 0 Å². The summed E-state index contributed by atoms with van der Waals surface area (Å²) in [6.07, 6.45) is 1.36. The third kappa shape index (κ3) is 2.55. The average molecular weight is 302 g/mol. The number of amides is 2. The van der Waals surface area contributed by atoms with Gasteiger partial charge in [0.1, 0.15) is 21.4 Å². The molecule has 2 fully saturated rings. The van der Waals surface area contributed by atoms with Gasteiger partial charge in [-0.1, -0.05) is 6.92 Å². The quantitative estimate of drug-likeness (QED) is 0.783. The highest BCUT2D eigenvalue weighted by molar-refractivity contribution is 7.91. The minimum absolute atomic E-state index is 0.0959. The molecule has 0 saturated carbocycles. The summed E-state index contributed by atoms with van der Waals surface area (Å²) < 4.78 is 23.0. The monoisotopic (exact) mass is 302 g/mol. The largest absolute Gasteiger partial charge is 0.340 e. The summed E-state index contributed by atoms with van der Waals surface area (Å²) in [4.78, 5) is 26.3. The number of hydrogen-bond donors (Lipinski definition) is 1. The Morgan fingerprint density at radius 3 is 2.35 bits per heavy atom. The Morgan fingerprint density at radius 1 is 1.30 bits per heavy atom. The number of piperazine rings is 1. The van der Waals surface area contributed by atoms with Crippen LogP contribution in [0.1, 0.15) is 40.0 Å². The molecule has 6 nitrogen and oxygen atoms in total. The number of carbonyl (C=O) groups is 2. The number of nitrogens with zero attached hydrogens (tertiary/aromatic N) is 1. The third-order valence-electron chi connectivity index (χ3n) is 4.53. The summed E-state index contributed by atoms with van der Waals surface area (Å²) in [6.45, 7) is 5.29. The van der Waals surface area contributed by atoms with Crippen LogP contribution in [0.25, 0.3) is 0 Å². The fourth-order valence-corrected chi connectivity index (χ4v) is 4.36. The molecule has 7 heteroatoms. The van der Waals surface area contributed by atoms with E-state index in [1.54, 1.807) is 18.7 Å². The molecule has 114 valence electrons. The fourth-order valence-electron chi connectivity index (χ4n) is 2.89. The lowest BCUT2D eigenvalue weighted by molar-refractivity contribution is -0.156. The van der Waals surface area contributed by atoms with Crippen molar-refractivity contribution >= 4 is 21.7 Å². The van der Waals surface area contributed by atoms with E-state index >= 15 is 0 Å². The normalized spacial score (nSPS) is 35.0. The van der Waals surface area contributed by atoms with Crippen molar-refractivity contribution in [1.29, 1.82) is 0 Å². The Balaban J connectivity index is 2.24. The SMILES string of the molecule is CCC1(C)NC(=O)C(C)N(C2CCS(=O)(=O)CC2)C1=O. The summed E-state index contributed by atoms with van der Waals surface area (Å²) in [5, 5.41) is 2.78.